The van der Waals surface area contributed by atoms with Crippen molar-refractivity contribution < 1.29 is 33.3 Å². The SMILES string of the molecule is C=CC(=O)OCCOCCNC(=O)OC(CS)COC(=O)NCCCC. The van der Waals surface area contributed by atoms with Gasteiger partial charge in [-0.1, -0.05) is 19.9 Å². The van der Waals surface area contributed by atoms with Gasteiger partial charge in [0.25, 0.3) is 0 Å². The van der Waals surface area contributed by atoms with Crippen LogP contribution in [-0.4, -0.2) is 69.5 Å². The van der Waals surface area contributed by atoms with Crippen molar-refractivity contribution in [1.29, 1.82) is 0 Å². The molecule has 26 heavy (non-hydrogen) atoms. The number of ether oxygens (including phenoxy) is 4. The molecular weight excluding hydrogens is 364 g/mol. The van der Waals surface area contributed by atoms with Crippen LogP contribution in [0.5, 0.6) is 0 Å². The molecule has 0 saturated carbocycles. The summed E-state index contributed by atoms with van der Waals surface area (Å²) in [7, 11) is 0. The lowest BCUT2D eigenvalue weighted by atomic mass is 10.3. The molecule has 0 rings (SSSR count). The van der Waals surface area contributed by atoms with Crippen LogP contribution < -0.4 is 10.6 Å². The van der Waals surface area contributed by atoms with Gasteiger partial charge in [-0.3, -0.25) is 0 Å². The predicted octanol–water partition coefficient (Wildman–Crippen LogP) is 1.28. The normalized spacial score (nSPS) is 11.2. The molecule has 0 aromatic carbocycles. The van der Waals surface area contributed by atoms with E-state index in [0.29, 0.717) is 6.54 Å². The van der Waals surface area contributed by atoms with Gasteiger partial charge in [0, 0.05) is 24.9 Å². The maximum absolute atomic E-state index is 11.6. The van der Waals surface area contributed by atoms with Gasteiger partial charge in [-0.05, 0) is 6.42 Å². The van der Waals surface area contributed by atoms with Crippen molar-refractivity contribution in [1.82, 2.24) is 10.6 Å². The van der Waals surface area contributed by atoms with Crippen molar-refractivity contribution in [3.05, 3.63) is 12.7 Å². The summed E-state index contributed by atoms with van der Waals surface area (Å²) >= 11 is 4.06. The van der Waals surface area contributed by atoms with Crippen molar-refractivity contribution >= 4 is 30.8 Å². The zero-order valence-corrected chi connectivity index (χ0v) is 15.9. The van der Waals surface area contributed by atoms with Gasteiger partial charge in [0.2, 0.25) is 0 Å². The Morgan fingerprint density at radius 3 is 2.46 bits per heavy atom. The predicted molar refractivity (Wildman–Crippen MR) is 98.4 cm³/mol. The third-order valence-electron chi connectivity index (χ3n) is 2.83. The van der Waals surface area contributed by atoms with Crippen LogP contribution in [0.4, 0.5) is 9.59 Å². The van der Waals surface area contributed by atoms with E-state index >= 15 is 0 Å². The lowest BCUT2D eigenvalue weighted by Crippen LogP contribution is -2.36. The summed E-state index contributed by atoms with van der Waals surface area (Å²) in [5, 5.41) is 5.08. The molecule has 0 fully saturated rings. The zero-order chi connectivity index (χ0) is 19.6. The van der Waals surface area contributed by atoms with E-state index in [1.807, 2.05) is 6.92 Å². The summed E-state index contributed by atoms with van der Waals surface area (Å²) < 4.78 is 19.9. The molecular formula is C16H28N2O7S. The molecule has 0 aliphatic rings. The molecule has 0 aliphatic carbocycles. The van der Waals surface area contributed by atoms with Crippen LogP contribution in [0.15, 0.2) is 12.7 Å². The Morgan fingerprint density at radius 2 is 1.81 bits per heavy atom. The second kappa shape index (κ2) is 16.5. The molecule has 1 atom stereocenters. The van der Waals surface area contributed by atoms with Crippen molar-refractivity contribution in [2.75, 3.05) is 45.3 Å². The van der Waals surface area contributed by atoms with E-state index in [0.717, 1.165) is 18.9 Å². The topological polar surface area (TPSA) is 112 Å². The minimum atomic E-state index is -0.666. The largest absolute Gasteiger partial charge is 0.460 e. The second-order valence-corrected chi connectivity index (χ2v) is 5.36. The standard InChI is InChI=1S/C16H28N2O7S/c1-3-5-6-17-15(20)24-11-13(12-26)25-16(21)18-7-8-22-9-10-23-14(19)4-2/h4,13,26H,2-3,5-12H2,1H3,(H,17,20)(H,18,21). The third-order valence-corrected chi connectivity index (χ3v) is 3.24. The fraction of sp³-hybridized carbons (Fsp3) is 0.688. The molecule has 0 aromatic heterocycles. The van der Waals surface area contributed by atoms with E-state index in [4.69, 9.17) is 18.9 Å². The summed E-state index contributed by atoms with van der Waals surface area (Å²) in [6.45, 7) is 6.48. The minimum absolute atomic E-state index is 0.0833. The highest BCUT2D eigenvalue weighted by Gasteiger charge is 2.15. The molecule has 2 amide bonds. The number of nitrogens with one attached hydrogen (secondary N) is 2. The van der Waals surface area contributed by atoms with Crippen molar-refractivity contribution in [2.45, 2.75) is 25.9 Å². The Bertz CT molecular complexity index is 435. The summed E-state index contributed by atoms with van der Waals surface area (Å²) in [6, 6.07) is 0. The molecule has 1 unspecified atom stereocenters. The number of esters is 1. The monoisotopic (exact) mass is 392 g/mol. The summed E-state index contributed by atoms with van der Waals surface area (Å²) in [4.78, 5) is 33.8. The summed E-state index contributed by atoms with van der Waals surface area (Å²) in [6.07, 6.45) is 1.01. The van der Waals surface area contributed by atoms with Crippen LogP contribution in [0.2, 0.25) is 0 Å². The summed E-state index contributed by atoms with van der Waals surface area (Å²) in [5.74, 6) is -0.310. The number of alkyl carbamates (subject to hydrolysis) is 2. The number of carbonyl (C=O) groups excluding carboxylic acids is 3. The Kier molecular flexibility index (Phi) is 15.3. The molecule has 0 spiro atoms. The maximum atomic E-state index is 11.6. The van der Waals surface area contributed by atoms with E-state index in [1.54, 1.807) is 0 Å². The van der Waals surface area contributed by atoms with E-state index in [9.17, 15) is 14.4 Å². The van der Waals surface area contributed by atoms with Gasteiger partial charge in [-0.15, -0.1) is 0 Å². The number of carbonyl (C=O) groups is 3. The summed E-state index contributed by atoms with van der Waals surface area (Å²) in [5.41, 5.74) is 0. The second-order valence-electron chi connectivity index (χ2n) is 5.00. The van der Waals surface area contributed by atoms with Crippen LogP contribution in [0.1, 0.15) is 19.8 Å². The lowest BCUT2D eigenvalue weighted by Gasteiger charge is -2.16. The first kappa shape index (κ1) is 24.1. The zero-order valence-electron chi connectivity index (χ0n) is 15.0. The van der Waals surface area contributed by atoms with Gasteiger partial charge in [-0.2, -0.15) is 12.6 Å². The fourth-order valence-corrected chi connectivity index (χ4v) is 1.67. The minimum Gasteiger partial charge on any atom is -0.460 e. The maximum Gasteiger partial charge on any atom is 0.407 e. The third kappa shape index (κ3) is 14.4. The molecule has 150 valence electrons. The molecule has 0 bridgehead atoms. The molecule has 0 radical (unpaired) electrons. The van der Waals surface area contributed by atoms with Gasteiger partial charge in [-0.25, -0.2) is 14.4 Å². The molecule has 2 N–H and O–H groups in total. The Balaban J connectivity index is 3.72. The van der Waals surface area contributed by atoms with Crippen molar-refractivity contribution in [3.63, 3.8) is 0 Å². The fourth-order valence-electron chi connectivity index (χ4n) is 1.49. The Morgan fingerprint density at radius 1 is 1.08 bits per heavy atom. The molecule has 9 nitrogen and oxygen atoms in total. The molecule has 0 aliphatic heterocycles. The number of hydrogen-bond acceptors (Lipinski definition) is 8. The first-order chi connectivity index (χ1) is 12.5. The van der Waals surface area contributed by atoms with E-state index in [1.165, 1.54) is 0 Å². The van der Waals surface area contributed by atoms with Gasteiger partial charge >= 0.3 is 18.2 Å². The smallest absolute Gasteiger partial charge is 0.407 e. The lowest BCUT2D eigenvalue weighted by molar-refractivity contribution is -0.139. The number of amides is 2. The van der Waals surface area contributed by atoms with Gasteiger partial charge < -0.3 is 29.6 Å². The molecule has 0 heterocycles. The first-order valence-electron chi connectivity index (χ1n) is 8.36. The number of thiol groups is 1. The quantitative estimate of drug-likeness (QED) is 0.134. The molecule has 0 saturated heterocycles. The Labute approximate surface area is 159 Å². The Hall–Kier alpha value is -1.94. The van der Waals surface area contributed by atoms with Crippen molar-refractivity contribution in [2.24, 2.45) is 0 Å². The van der Waals surface area contributed by atoms with Crippen LogP contribution in [0.3, 0.4) is 0 Å². The highest BCUT2D eigenvalue weighted by molar-refractivity contribution is 7.80. The number of unbranched alkanes of at least 4 members (excludes halogenated alkanes) is 1. The van der Waals surface area contributed by atoms with Gasteiger partial charge in [0.15, 0.2) is 0 Å². The number of rotatable bonds is 14. The van der Waals surface area contributed by atoms with E-state index in [-0.39, 0.29) is 38.7 Å². The van der Waals surface area contributed by atoms with Crippen LogP contribution >= 0.6 is 12.6 Å². The molecule has 10 heteroatoms. The average molecular weight is 392 g/mol. The van der Waals surface area contributed by atoms with Crippen LogP contribution in [0, 0.1) is 0 Å². The van der Waals surface area contributed by atoms with Gasteiger partial charge in [0.1, 0.15) is 19.3 Å². The van der Waals surface area contributed by atoms with Crippen molar-refractivity contribution in [3.8, 4) is 0 Å². The highest BCUT2D eigenvalue weighted by Crippen LogP contribution is 1.98. The van der Waals surface area contributed by atoms with E-state index in [2.05, 4.69) is 29.8 Å². The van der Waals surface area contributed by atoms with Crippen LogP contribution in [0.25, 0.3) is 0 Å². The van der Waals surface area contributed by atoms with Gasteiger partial charge in [0.05, 0.1) is 13.2 Å². The molecule has 0 aromatic rings. The highest BCUT2D eigenvalue weighted by atomic mass is 32.1. The van der Waals surface area contributed by atoms with Crippen LogP contribution in [-0.2, 0) is 23.7 Å². The van der Waals surface area contributed by atoms with E-state index < -0.39 is 24.3 Å². The number of hydrogen-bond donors (Lipinski definition) is 3. The first-order valence-corrected chi connectivity index (χ1v) is 8.99. The average Bonchev–Trinajstić information content (AvgIpc) is 2.64.